The van der Waals surface area contributed by atoms with Crippen molar-refractivity contribution in [3.8, 4) is 11.5 Å². The number of halogens is 3. The van der Waals surface area contributed by atoms with Crippen LogP contribution in [0.4, 0.5) is 0 Å². The van der Waals surface area contributed by atoms with Gasteiger partial charge in [0.1, 0.15) is 0 Å². The molecule has 0 atom stereocenters. The Morgan fingerprint density at radius 2 is 1.17 bits per heavy atom. The molecule has 0 aliphatic carbocycles. The van der Waals surface area contributed by atoms with Gasteiger partial charge < -0.3 is 10.2 Å². The zero-order chi connectivity index (χ0) is 9.56. The molecule has 2 nitrogen and oxygen atoms in total. The van der Waals surface area contributed by atoms with E-state index in [-0.39, 0.29) is 11.5 Å². The summed E-state index contributed by atoms with van der Waals surface area (Å²) in [6.07, 6.45) is 0. The van der Waals surface area contributed by atoms with Crippen LogP contribution in [0.3, 0.4) is 0 Å². The number of phenols is 2. The minimum atomic E-state index is -1.77. The maximum absolute atomic E-state index is 8.67. The Labute approximate surface area is 87.4 Å². The van der Waals surface area contributed by atoms with E-state index in [2.05, 4.69) is 0 Å². The molecule has 0 saturated heterocycles. The van der Waals surface area contributed by atoms with Gasteiger partial charge in [0.2, 0.25) is 0 Å². The van der Waals surface area contributed by atoms with Crippen molar-refractivity contribution in [2.75, 3.05) is 0 Å². The van der Waals surface area contributed by atoms with Crippen LogP contribution >= 0.6 is 29.8 Å². The fourth-order valence-corrected chi connectivity index (χ4v) is 0.464. The first-order chi connectivity index (χ1) is 5.54. The Morgan fingerprint density at radius 3 is 1.33 bits per heavy atom. The second-order valence-corrected chi connectivity index (χ2v) is 10.5. The molecule has 1 aromatic carbocycles. The SMILES string of the molecule is Cl[As](Cl)Cl.Oc1ccccc1O. The van der Waals surface area contributed by atoms with E-state index in [0.29, 0.717) is 0 Å². The summed E-state index contributed by atoms with van der Waals surface area (Å²) in [5, 5.41) is 17.3. The Kier molecular flexibility index (Phi) is 6.87. The van der Waals surface area contributed by atoms with Gasteiger partial charge in [0.05, 0.1) is 0 Å². The first-order valence-corrected chi connectivity index (χ1v) is 10.2. The molecule has 12 heavy (non-hydrogen) atoms. The average Bonchev–Trinajstić information content (AvgIpc) is 1.94. The van der Waals surface area contributed by atoms with Crippen molar-refractivity contribution < 1.29 is 10.2 Å². The number of aromatic hydroxyl groups is 2. The predicted molar refractivity (Wildman–Crippen MR) is 53.1 cm³/mol. The smallest absolute Gasteiger partial charge is 0.157 e. The molecule has 0 heterocycles. The van der Waals surface area contributed by atoms with Crippen molar-refractivity contribution in [1.82, 2.24) is 0 Å². The monoisotopic (exact) mass is 290 g/mol. The summed E-state index contributed by atoms with van der Waals surface area (Å²) in [7, 11) is 14.9. The van der Waals surface area contributed by atoms with E-state index >= 15 is 0 Å². The summed E-state index contributed by atoms with van der Waals surface area (Å²) < 4.78 is 0. The maximum Gasteiger partial charge on any atom is 0.157 e. The molecule has 0 aromatic heterocycles. The van der Waals surface area contributed by atoms with Crippen LogP contribution in [0.25, 0.3) is 0 Å². The summed E-state index contributed by atoms with van der Waals surface area (Å²) in [5.74, 6) is -0.153. The van der Waals surface area contributed by atoms with Gasteiger partial charge in [0, 0.05) is 0 Å². The van der Waals surface area contributed by atoms with Gasteiger partial charge in [-0.05, 0) is 12.1 Å². The molecule has 1 aromatic rings. The van der Waals surface area contributed by atoms with Crippen molar-refractivity contribution in [3.63, 3.8) is 0 Å². The minimum Gasteiger partial charge on any atom is -0.504 e. The van der Waals surface area contributed by atoms with Crippen LogP contribution in [0.1, 0.15) is 0 Å². The largest absolute Gasteiger partial charge is 0.504 e. The van der Waals surface area contributed by atoms with E-state index in [1.165, 1.54) is 12.1 Å². The molecule has 68 valence electrons. The normalized spacial score (nSPS) is 9.00. The molecule has 0 spiro atoms. The third-order valence-electron chi connectivity index (χ3n) is 0.882. The summed E-state index contributed by atoms with van der Waals surface area (Å²) in [6, 6.07) is 6.15. The summed E-state index contributed by atoms with van der Waals surface area (Å²) in [5.41, 5.74) is 0. The first kappa shape index (κ1) is 12.2. The average molecular weight is 291 g/mol. The molecule has 0 radical (unpaired) electrons. The molecule has 0 unspecified atom stereocenters. The molecule has 6 heteroatoms. The van der Waals surface area contributed by atoms with Crippen LogP contribution in [0.15, 0.2) is 24.3 Å². The number of hydrogen-bond donors (Lipinski definition) is 2. The van der Waals surface area contributed by atoms with Crippen molar-refractivity contribution in [2.24, 2.45) is 0 Å². The fraction of sp³-hybridized carbons (Fsp3) is 0. The van der Waals surface area contributed by atoms with Gasteiger partial charge in [0.15, 0.2) is 11.5 Å². The van der Waals surface area contributed by atoms with Crippen molar-refractivity contribution in [2.45, 2.75) is 0 Å². The van der Waals surface area contributed by atoms with Gasteiger partial charge in [-0.3, -0.25) is 0 Å². The van der Waals surface area contributed by atoms with E-state index in [9.17, 15) is 0 Å². The maximum atomic E-state index is 8.67. The summed E-state index contributed by atoms with van der Waals surface area (Å²) in [4.78, 5) is 0. The summed E-state index contributed by atoms with van der Waals surface area (Å²) >= 11 is -1.77. The minimum absolute atomic E-state index is 0.0764. The van der Waals surface area contributed by atoms with Crippen LogP contribution in [0, 0.1) is 0 Å². The van der Waals surface area contributed by atoms with E-state index < -0.39 is 11.8 Å². The number of phenolic OH excluding ortho intramolecular Hbond substituents is 2. The van der Waals surface area contributed by atoms with Crippen LogP contribution in [0.2, 0.25) is 0 Å². The quantitative estimate of drug-likeness (QED) is 0.570. The Bertz CT molecular complexity index is 208. The van der Waals surface area contributed by atoms with Crippen molar-refractivity contribution in [1.29, 1.82) is 0 Å². The molecule has 0 aliphatic heterocycles. The second kappa shape index (κ2) is 6.73. The van der Waals surface area contributed by atoms with Crippen molar-refractivity contribution in [3.05, 3.63) is 24.3 Å². The van der Waals surface area contributed by atoms with Crippen LogP contribution in [-0.2, 0) is 0 Å². The zero-order valence-corrected chi connectivity index (χ0v) is 9.93. The molecule has 0 saturated carbocycles. The Balaban J connectivity index is 0.000000261. The molecule has 0 amide bonds. The van der Waals surface area contributed by atoms with Crippen LogP contribution in [0.5, 0.6) is 11.5 Å². The molecule has 0 fully saturated rings. The predicted octanol–water partition coefficient (Wildman–Crippen LogP) is 2.79. The van der Waals surface area contributed by atoms with Gasteiger partial charge >= 0.3 is 41.7 Å². The van der Waals surface area contributed by atoms with Gasteiger partial charge in [-0.1, -0.05) is 12.1 Å². The number of hydrogen-bond acceptors (Lipinski definition) is 2. The van der Waals surface area contributed by atoms with Gasteiger partial charge in [0.25, 0.3) is 0 Å². The molecular formula is C6H6AsCl3O2. The second-order valence-electron chi connectivity index (χ2n) is 1.68. The fourth-order valence-electron chi connectivity index (χ4n) is 0.464. The van der Waals surface area contributed by atoms with Gasteiger partial charge in [-0.25, -0.2) is 0 Å². The van der Waals surface area contributed by atoms with Gasteiger partial charge in [-0.15, -0.1) is 0 Å². The summed E-state index contributed by atoms with van der Waals surface area (Å²) in [6.45, 7) is 0. The standard InChI is InChI=1S/C6H6O2.AsCl3/c7-5-3-1-2-4-6(5)8;2-1(3)4/h1-4,7-8H;. The molecule has 0 bridgehead atoms. The van der Waals surface area contributed by atoms with Crippen molar-refractivity contribution >= 4 is 41.7 Å². The van der Waals surface area contributed by atoms with E-state index in [4.69, 9.17) is 40.1 Å². The topological polar surface area (TPSA) is 40.5 Å². The molecule has 2 N–H and O–H groups in total. The van der Waals surface area contributed by atoms with Crippen LogP contribution in [-0.4, -0.2) is 22.0 Å². The molecule has 1 rings (SSSR count). The van der Waals surface area contributed by atoms with E-state index in [1.807, 2.05) is 0 Å². The van der Waals surface area contributed by atoms with Crippen LogP contribution < -0.4 is 0 Å². The van der Waals surface area contributed by atoms with Gasteiger partial charge in [-0.2, -0.15) is 0 Å². The van der Waals surface area contributed by atoms with E-state index in [1.54, 1.807) is 12.1 Å². The number of rotatable bonds is 0. The third-order valence-corrected chi connectivity index (χ3v) is 0.882. The third kappa shape index (κ3) is 6.93. The first-order valence-electron chi connectivity index (χ1n) is 2.78. The Morgan fingerprint density at radius 1 is 0.917 bits per heavy atom. The molecular weight excluding hydrogens is 285 g/mol. The Hall–Kier alpha value is 0.248. The number of benzene rings is 1. The number of para-hydroxylation sites is 2. The zero-order valence-electron chi connectivity index (χ0n) is 5.78. The molecule has 0 aliphatic rings. The van der Waals surface area contributed by atoms with E-state index in [0.717, 1.165) is 0 Å².